The highest BCUT2D eigenvalue weighted by Gasteiger charge is 2.10. The number of anilines is 1. The first-order valence-corrected chi connectivity index (χ1v) is 8.41. The van der Waals surface area contributed by atoms with E-state index in [0.717, 1.165) is 17.0 Å². The van der Waals surface area contributed by atoms with E-state index in [9.17, 15) is 4.79 Å². The van der Waals surface area contributed by atoms with Crippen molar-refractivity contribution in [1.82, 2.24) is 10.3 Å². The zero-order valence-corrected chi connectivity index (χ0v) is 15.2. The highest BCUT2D eigenvalue weighted by atomic mass is 16.5. The highest BCUT2D eigenvalue weighted by molar-refractivity contribution is 5.93. The van der Waals surface area contributed by atoms with Gasteiger partial charge < -0.3 is 24.5 Å². The molecule has 0 aliphatic rings. The van der Waals surface area contributed by atoms with Crippen molar-refractivity contribution in [2.24, 2.45) is 0 Å². The van der Waals surface area contributed by atoms with Crippen molar-refractivity contribution in [3.63, 3.8) is 0 Å². The van der Waals surface area contributed by atoms with Crippen LogP contribution >= 0.6 is 0 Å². The van der Waals surface area contributed by atoms with Crippen molar-refractivity contribution in [2.75, 3.05) is 19.5 Å². The van der Waals surface area contributed by atoms with Crippen molar-refractivity contribution < 1.29 is 18.7 Å². The third-order valence-electron chi connectivity index (χ3n) is 3.94. The number of hydrogen-bond donors (Lipinski definition) is 2. The van der Waals surface area contributed by atoms with Gasteiger partial charge in [-0.25, -0.2) is 0 Å². The molecule has 0 atom stereocenters. The number of pyridine rings is 1. The Morgan fingerprint density at radius 3 is 2.67 bits per heavy atom. The Kier molecular flexibility index (Phi) is 5.94. The van der Waals surface area contributed by atoms with Gasteiger partial charge in [-0.05, 0) is 42.0 Å². The predicted octanol–water partition coefficient (Wildman–Crippen LogP) is 3.23. The average molecular weight is 367 g/mol. The molecule has 0 fully saturated rings. The number of hydrogen-bond acceptors (Lipinski definition) is 6. The Bertz CT molecular complexity index is 894. The maximum atomic E-state index is 12.4. The molecule has 140 valence electrons. The fourth-order valence-corrected chi connectivity index (χ4v) is 2.53. The highest BCUT2D eigenvalue weighted by Crippen LogP contribution is 2.27. The maximum Gasteiger partial charge on any atom is 0.270 e. The van der Waals surface area contributed by atoms with E-state index < -0.39 is 0 Å². The molecule has 27 heavy (non-hydrogen) atoms. The topological polar surface area (TPSA) is 85.6 Å². The largest absolute Gasteiger partial charge is 0.493 e. The molecule has 0 aliphatic carbocycles. The lowest BCUT2D eigenvalue weighted by Gasteiger charge is -2.11. The van der Waals surface area contributed by atoms with Crippen LogP contribution in [0.1, 0.15) is 21.8 Å². The van der Waals surface area contributed by atoms with Crippen LogP contribution in [-0.2, 0) is 13.1 Å². The fraction of sp³-hybridized carbons (Fsp3) is 0.200. The molecule has 3 aromatic rings. The maximum absolute atomic E-state index is 12.4. The summed E-state index contributed by atoms with van der Waals surface area (Å²) in [5, 5.41) is 6.06. The van der Waals surface area contributed by atoms with Gasteiger partial charge in [-0.1, -0.05) is 6.07 Å². The van der Waals surface area contributed by atoms with E-state index in [2.05, 4.69) is 15.6 Å². The van der Waals surface area contributed by atoms with Crippen LogP contribution in [-0.4, -0.2) is 25.1 Å². The smallest absolute Gasteiger partial charge is 0.270 e. The molecule has 0 saturated carbocycles. The summed E-state index contributed by atoms with van der Waals surface area (Å²) in [5.74, 6) is 1.81. The summed E-state index contributed by atoms with van der Waals surface area (Å²) in [6, 6.07) is 12.7. The normalized spacial score (nSPS) is 10.3. The zero-order valence-electron chi connectivity index (χ0n) is 15.2. The molecule has 0 unspecified atom stereocenters. The molecular weight excluding hydrogens is 346 g/mol. The number of nitrogens with zero attached hydrogens (tertiary/aromatic N) is 1. The summed E-state index contributed by atoms with van der Waals surface area (Å²) in [6.45, 7) is 0.884. The van der Waals surface area contributed by atoms with Gasteiger partial charge in [0.1, 0.15) is 11.5 Å². The first kappa shape index (κ1) is 18.3. The zero-order chi connectivity index (χ0) is 19.1. The SMILES string of the molecule is COc1ccc(CNC(=O)c2cc(NCc3ccco3)ccn2)cc1OC. The average Bonchev–Trinajstić information content (AvgIpc) is 3.24. The molecule has 1 amide bonds. The molecule has 0 bridgehead atoms. The lowest BCUT2D eigenvalue weighted by Crippen LogP contribution is -2.23. The molecule has 2 aromatic heterocycles. The van der Waals surface area contributed by atoms with Crippen LogP contribution in [0.2, 0.25) is 0 Å². The number of benzene rings is 1. The molecule has 7 nitrogen and oxygen atoms in total. The number of nitrogens with one attached hydrogen (secondary N) is 2. The summed E-state index contributed by atoms with van der Waals surface area (Å²) in [5.41, 5.74) is 2.02. The number of ether oxygens (including phenoxy) is 2. The molecule has 0 saturated heterocycles. The standard InChI is InChI=1S/C20H21N3O4/c1-25-18-6-5-14(10-19(18)26-2)12-23-20(24)17-11-15(7-8-21-17)22-13-16-4-3-9-27-16/h3-11H,12-13H2,1-2H3,(H,21,22)(H,23,24). The first-order chi connectivity index (χ1) is 13.2. The van der Waals surface area contributed by atoms with Crippen LogP contribution in [0.5, 0.6) is 11.5 Å². The monoisotopic (exact) mass is 367 g/mol. The quantitative estimate of drug-likeness (QED) is 0.636. The van der Waals surface area contributed by atoms with E-state index in [-0.39, 0.29) is 5.91 Å². The summed E-state index contributed by atoms with van der Waals surface area (Å²) in [6.07, 6.45) is 3.21. The van der Waals surface area contributed by atoms with Gasteiger partial charge in [0.05, 0.1) is 27.0 Å². The van der Waals surface area contributed by atoms with Crippen molar-refractivity contribution in [1.29, 1.82) is 0 Å². The number of rotatable bonds is 8. The van der Waals surface area contributed by atoms with E-state index in [0.29, 0.717) is 30.3 Å². The Labute approximate surface area is 157 Å². The Hall–Kier alpha value is -3.48. The predicted molar refractivity (Wildman–Crippen MR) is 101 cm³/mol. The van der Waals surface area contributed by atoms with Crippen LogP contribution < -0.4 is 20.1 Å². The summed E-state index contributed by atoms with van der Waals surface area (Å²) in [4.78, 5) is 16.5. The van der Waals surface area contributed by atoms with Crippen LogP contribution in [0, 0.1) is 0 Å². The third kappa shape index (κ3) is 4.78. The van der Waals surface area contributed by atoms with Gasteiger partial charge >= 0.3 is 0 Å². The van der Waals surface area contributed by atoms with Gasteiger partial charge in [-0.3, -0.25) is 9.78 Å². The van der Waals surface area contributed by atoms with E-state index in [1.165, 1.54) is 0 Å². The second-order valence-corrected chi connectivity index (χ2v) is 5.73. The van der Waals surface area contributed by atoms with Gasteiger partial charge in [0.25, 0.3) is 5.91 Å². The second-order valence-electron chi connectivity index (χ2n) is 5.73. The van der Waals surface area contributed by atoms with Gasteiger partial charge in [0.2, 0.25) is 0 Å². The Morgan fingerprint density at radius 2 is 1.93 bits per heavy atom. The fourth-order valence-electron chi connectivity index (χ4n) is 2.53. The Morgan fingerprint density at radius 1 is 1.07 bits per heavy atom. The molecule has 7 heteroatoms. The number of aromatic nitrogens is 1. The van der Waals surface area contributed by atoms with Gasteiger partial charge in [0, 0.05) is 18.4 Å². The number of carbonyl (C=O) groups is 1. The third-order valence-corrected chi connectivity index (χ3v) is 3.94. The minimum absolute atomic E-state index is 0.258. The van der Waals surface area contributed by atoms with E-state index in [1.54, 1.807) is 44.9 Å². The van der Waals surface area contributed by atoms with Crippen LogP contribution in [0.3, 0.4) is 0 Å². The summed E-state index contributed by atoms with van der Waals surface area (Å²) < 4.78 is 15.8. The molecule has 1 aromatic carbocycles. The van der Waals surface area contributed by atoms with Gasteiger partial charge in [0.15, 0.2) is 11.5 Å². The number of carbonyl (C=O) groups excluding carboxylic acids is 1. The lowest BCUT2D eigenvalue weighted by atomic mass is 10.2. The number of methoxy groups -OCH3 is 2. The number of furan rings is 1. The minimum Gasteiger partial charge on any atom is -0.493 e. The molecule has 0 radical (unpaired) electrons. The van der Waals surface area contributed by atoms with E-state index in [4.69, 9.17) is 13.9 Å². The van der Waals surface area contributed by atoms with Gasteiger partial charge in [-0.15, -0.1) is 0 Å². The molecule has 2 heterocycles. The van der Waals surface area contributed by atoms with Crippen molar-refractivity contribution in [3.8, 4) is 11.5 Å². The van der Waals surface area contributed by atoms with Crippen LogP contribution in [0.4, 0.5) is 5.69 Å². The van der Waals surface area contributed by atoms with Crippen molar-refractivity contribution in [2.45, 2.75) is 13.1 Å². The molecular formula is C20H21N3O4. The first-order valence-electron chi connectivity index (χ1n) is 8.41. The minimum atomic E-state index is -0.258. The molecule has 2 N–H and O–H groups in total. The van der Waals surface area contributed by atoms with Crippen molar-refractivity contribution >= 4 is 11.6 Å². The molecule has 0 aliphatic heterocycles. The lowest BCUT2D eigenvalue weighted by molar-refractivity contribution is 0.0946. The van der Waals surface area contributed by atoms with Gasteiger partial charge in [-0.2, -0.15) is 0 Å². The Balaban J connectivity index is 1.60. The molecule has 3 rings (SSSR count). The van der Waals surface area contributed by atoms with Crippen molar-refractivity contribution in [3.05, 3.63) is 71.9 Å². The number of amides is 1. The van der Waals surface area contributed by atoms with Crippen LogP contribution in [0.15, 0.2) is 59.3 Å². The second kappa shape index (κ2) is 8.75. The summed E-state index contributed by atoms with van der Waals surface area (Å²) >= 11 is 0. The van der Waals surface area contributed by atoms with E-state index in [1.807, 2.05) is 24.3 Å². The van der Waals surface area contributed by atoms with Crippen LogP contribution in [0.25, 0.3) is 0 Å². The van der Waals surface area contributed by atoms with E-state index >= 15 is 0 Å². The summed E-state index contributed by atoms with van der Waals surface area (Å²) in [7, 11) is 3.16. The molecule has 0 spiro atoms.